The maximum atomic E-state index is 12.9. The fourth-order valence-electron chi connectivity index (χ4n) is 4.12. The molecule has 29 heavy (non-hydrogen) atoms. The number of nitrogens with two attached hydrogens (primary N) is 1. The van der Waals surface area contributed by atoms with Gasteiger partial charge in [-0.15, -0.1) is 0 Å². The van der Waals surface area contributed by atoms with Crippen LogP contribution >= 0.6 is 7.37 Å². The predicted octanol–water partition coefficient (Wildman–Crippen LogP) is 3.39. The average Bonchev–Trinajstić information content (AvgIpc) is 2.71. The lowest BCUT2D eigenvalue weighted by Crippen LogP contribution is -2.53. The highest BCUT2D eigenvalue weighted by molar-refractivity contribution is 7.61. The molecule has 1 aliphatic heterocycles. The maximum absolute atomic E-state index is 12.9. The van der Waals surface area contributed by atoms with Gasteiger partial charge < -0.3 is 15.7 Å². The fraction of sp³-hybridized carbons (Fsp3) is 0.409. The number of carboxylic acid groups (broad SMARTS) is 1. The van der Waals surface area contributed by atoms with Crippen LogP contribution in [0, 0.1) is 0 Å². The molecule has 2 atom stereocenters. The van der Waals surface area contributed by atoms with Gasteiger partial charge in [-0.3, -0.25) is 14.3 Å². The highest BCUT2D eigenvalue weighted by Gasteiger charge is 2.56. The Morgan fingerprint density at radius 1 is 1.10 bits per heavy atom. The predicted molar refractivity (Wildman–Crippen MR) is 115 cm³/mol. The molecule has 6 nitrogen and oxygen atoms in total. The summed E-state index contributed by atoms with van der Waals surface area (Å²) in [4.78, 5) is 24.8. The number of carbonyl (C=O) groups is 1. The standard InChI is InChI=1S/C22H29N2O4P/c23-13-7-6-12-22(21(25)26)17-24(14-15-29(22,27)28)16-19-10-4-5-11-20(19)18-8-2-1-3-9-18/h1-5,8-11H,6-7,12-17,23H2,(H,25,26)(H,27,28). The normalized spacial score (nSPS) is 25.0. The minimum absolute atomic E-state index is 0.00453. The zero-order valence-electron chi connectivity index (χ0n) is 16.5. The summed E-state index contributed by atoms with van der Waals surface area (Å²) < 4.78 is 12.9. The molecule has 4 N–H and O–H groups in total. The molecule has 1 fully saturated rings. The van der Waals surface area contributed by atoms with Gasteiger partial charge in [0, 0.05) is 25.8 Å². The monoisotopic (exact) mass is 416 g/mol. The van der Waals surface area contributed by atoms with Gasteiger partial charge in [0.1, 0.15) is 0 Å². The minimum atomic E-state index is -3.82. The van der Waals surface area contributed by atoms with Crippen molar-refractivity contribution < 1.29 is 19.4 Å². The van der Waals surface area contributed by atoms with Crippen molar-refractivity contribution in [3.05, 3.63) is 60.2 Å². The molecule has 1 heterocycles. The SMILES string of the molecule is NCCCCC1(C(=O)O)CN(Cc2ccccc2-c2ccccc2)CCP1(=O)O. The van der Waals surface area contributed by atoms with Crippen molar-refractivity contribution in [3.63, 3.8) is 0 Å². The van der Waals surface area contributed by atoms with Crippen molar-refractivity contribution in [2.45, 2.75) is 31.0 Å². The highest BCUT2D eigenvalue weighted by Crippen LogP contribution is 2.59. The molecule has 1 aliphatic rings. The van der Waals surface area contributed by atoms with Crippen molar-refractivity contribution in [2.24, 2.45) is 5.73 Å². The molecule has 0 aliphatic carbocycles. The molecule has 0 amide bonds. The third-order valence-corrected chi connectivity index (χ3v) is 8.51. The van der Waals surface area contributed by atoms with E-state index in [1.54, 1.807) is 0 Å². The van der Waals surface area contributed by atoms with E-state index in [4.69, 9.17) is 5.73 Å². The van der Waals surface area contributed by atoms with Gasteiger partial charge >= 0.3 is 5.97 Å². The lowest BCUT2D eigenvalue weighted by Gasteiger charge is -2.43. The molecule has 156 valence electrons. The van der Waals surface area contributed by atoms with Crippen LogP contribution in [0.15, 0.2) is 54.6 Å². The number of rotatable bonds is 8. The Hall–Kier alpha value is -1.98. The van der Waals surface area contributed by atoms with Crippen LogP contribution in [-0.2, 0) is 15.9 Å². The third-order valence-electron chi connectivity index (χ3n) is 5.81. The summed E-state index contributed by atoms with van der Waals surface area (Å²) in [5.41, 5.74) is 8.81. The average molecular weight is 416 g/mol. The second-order valence-electron chi connectivity index (χ2n) is 7.74. The number of unbranched alkanes of at least 4 members (excludes halogenated alkanes) is 1. The second-order valence-corrected chi connectivity index (χ2v) is 10.4. The third kappa shape index (κ3) is 4.62. The molecule has 0 aromatic heterocycles. The first kappa shape index (κ1) is 21.7. The largest absolute Gasteiger partial charge is 0.480 e. The summed E-state index contributed by atoms with van der Waals surface area (Å²) >= 11 is 0. The molecule has 7 heteroatoms. The van der Waals surface area contributed by atoms with E-state index in [1.807, 2.05) is 53.4 Å². The Labute approximate surface area is 171 Å². The molecule has 0 bridgehead atoms. The van der Waals surface area contributed by atoms with Crippen molar-refractivity contribution in [1.29, 1.82) is 0 Å². The Bertz CT molecular complexity index is 889. The summed E-state index contributed by atoms with van der Waals surface area (Å²) in [6.07, 6.45) is 1.34. The zero-order valence-corrected chi connectivity index (χ0v) is 17.4. The minimum Gasteiger partial charge on any atom is -0.480 e. The van der Waals surface area contributed by atoms with Gasteiger partial charge in [0.2, 0.25) is 7.37 Å². The van der Waals surface area contributed by atoms with E-state index in [0.717, 1.165) is 16.7 Å². The van der Waals surface area contributed by atoms with Crippen LogP contribution in [0.1, 0.15) is 24.8 Å². The van der Waals surface area contributed by atoms with Crippen molar-refractivity contribution >= 4 is 13.3 Å². The molecular weight excluding hydrogens is 387 g/mol. The first-order valence-corrected chi connectivity index (χ1v) is 11.9. The number of hydrogen-bond donors (Lipinski definition) is 3. The molecule has 0 saturated carbocycles. The van der Waals surface area contributed by atoms with Crippen LogP contribution in [0.3, 0.4) is 0 Å². The smallest absolute Gasteiger partial charge is 0.320 e. The number of benzene rings is 2. The van der Waals surface area contributed by atoms with Crippen molar-refractivity contribution in [3.8, 4) is 11.1 Å². The summed E-state index contributed by atoms with van der Waals surface area (Å²) in [6, 6.07) is 18.1. The molecule has 1 saturated heterocycles. The van der Waals surface area contributed by atoms with Gasteiger partial charge in [-0.25, -0.2) is 0 Å². The lowest BCUT2D eigenvalue weighted by molar-refractivity contribution is -0.141. The van der Waals surface area contributed by atoms with E-state index >= 15 is 0 Å². The van der Waals surface area contributed by atoms with E-state index in [2.05, 4.69) is 6.07 Å². The van der Waals surface area contributed by atoms with Gasteiger partial charge in [-0.1, -0.05) is 61.0 Å². The van der Waals surface area contributed by atoms with E-state index in [9.17, 15) is 19.4 Å². The molecular formula is C22H29N2O4P. The first-order valence-electron chi connectivity index (χ1n) is 10.0. The van der Waals surface area contributed by atoms with E-state index in [-0.39, 0.29) is 19.1 Å². The number of nitrogens with zero attached hydrogens (tertiary/aromatic N) is 1. The van der Waals surface area contributed by atoms with Crippen molar-refractivity contribution in [2.75, 3.05) is 25.8 Å². The van der Waals surface area contributed by atoms with Crippen molar-refractivity contribution in [1.82, 2.24) is 4.90 Å². The Kier molecular flexibility index (Phi) is 6.91. The van der Waals surface area contributed by atoms with Gasteiger partial charge in [-0.2, -0.15) is 0 Å². The Balaban J connectivity index is 1.86. The number of hydrogen-bond acceptors (Lipinski definition) is 4. The van der Waals surface area contributed by atoms with Gasteiger partial charge in [0.25, 0.3) is 0 Å². The number of aliphatic carboxylic acids is 1. The first-order chi connectivity index (χ1) is 13.9. The van der Waals surface area contributed by atoms with Crippen LogP contribution in [0.5, 0.6) is 0 Å². The molecule has 2 aromatic carbocycles. The molecule has 2 unspecified atom stereocenters. The van der Waals surface area contributed by atoms with Crippen LogP contribution in [0.2, 0.25) is 0 Å². The van der Waals surface area contributed by atoms with Crippen LogP contribution in [0.4, 0.5) is 0 Å². The fourth-order valence-corrected chi connectivity index (χ4v) is 6.33. The molecule has 0 radical (unpaired) electrons. The van der Waals surface area contributed by atoms with Crippen LogP contribution < -0.4 is 5.73 Å². The summed E-state index contributed by atoms with van der Waals surface area (Å²) in [5, 5.41) is 8.33. The summed E-state index contributed by atoms with van der Waals surface area (Å²) in [6.45, 7) is 1.46. The van der Waals surface area contributed by atoms with E-state index in [1.165, 1.54) is 0 Å². The molecule has 2 aromatic rings. The van der Waals surface area contributed by atoms with Crippen LogP contribution in [0.25, 0.3) is 11.1 Å². The Morgan fingerprint density at radius 2 is 1.79 bits per heavy atom. The second kappa shape index (κ2) is 9.23. The maximum Gasteiger partial charge on any atom is 0.320 e. The van der Waals surface area contributed by atoms with Crippen LogP contribution in [-0.4, -0.2) is 51.8 Å². The number of carboxylic acids is 1. The molecule has 3 rings (SSSR count). The highest BCUT2D eigenvalue weighted by atomic mass is 31.2. The van der Waals surface area contributed by atoms with E-state index in [0.29, 0.717) is 32.5 Å². The lowest BCUT2D eigenvalue weighted by atomic mass is 9.97. The zero-order chi connectivity index (χ0) is 20.9. The summed E-state index contributed by atoms with van der Waals surface area (Å²) in [5.74, 6) is -1.18. The van der Waals surface area contributed by atoms with Gasteiger partial charge in [0.05, 0.1) is 0 Å². The van der Waals surface area contributed by atoms with E-state index < -0.39 is 18.5 Å². The molecule has 0 spiro atoms. The van der Waals surface area contributed by atoms with Gasteiger partial charge in [0.15, 0.2) is 5.16 Å². The topological polar surface area (TPSA) is 104 Å². The quantitative estimate of drug-likeness (QED) is 0.450. The van der Waals surface area contributed by atoms with Gasteiger partial charge in [-0.05, 0) is 36.1 Å². The Morgan fingerprint density at radius 3 is 2.48 bits per heavy atom. The summed E-state index contributed by atoms with van der Waals surface area (Å²) in [7, 11) is -3.82.